The molecular weight excluding hydrogens is 256 g/mol. The van der Waals surface area contributed by atoms with Crippen molar-refractivity contribution in [1.29, 1.82) is 0 Å². The van der Waals surface area contributed by atoms with E-state index in [4.69, 9.17) is 4.74 Å². The molecule has 108 valence electrons. The van der Waals surface area contributed by atoms with Gasteiger partial charge in [-0.1, -0.05) is 20.8 Å². The fourth-order valence-electron chi connectivity index (χ4n) is 2.56. The van der Waals surface area contributed by atoms with Crippen molar-refractivity contribution in [2.75, 3.05) is 0 Å². The van der Waals surface area contributed by atoms with Gasteiger partial charge in [0.15, 0.2) is 11.6 Å². The van der Waals surface area contributed by atoms with Gasteiger partial charge in [-0.3, -0.25) is 0 Å². The van der Waals surface area contributed by atoms with Crippen LogP contribution in [0.1, 0.15) is 39.2 Å². The topological polar surface area (TPSA) is 9.23 Å². The van der Waals surface area contributed by atoms with E-state index in [9.17, 15) is 8.78 Å². The summed E-state index contributed by atoms with van der Waals surface area (Å²) in [6.45, 7) is 6.14. The van der Waals surface area contributed by atoms with Gasteiger partial charge < -0.3 is 4.74 Å². The summed E-state index contributed by atoms with van der Waals surface area (Å²) in [5.41, 5.74) is 0.561. The van der Waals surface area contributed by atoms with Gasteiger partial charge in [0.2, 0.25) is 0 Å². The molecule has 1 aromatic rings. The molecule has 0 N–H and O–H groups in total. The standard InChI is InChI=1S/C15H22B2F2O/c1-14(2,3)8-9-6-11(18)7-12(19)13(9)20-15(16,17)10-4-5-10/h6-7,10H,4-5,8,16-17H2,1-3H3. The molecule has 20 heavy (non-hydrogen) atoms. The fraction of sp³-hybridized carbons (Fsp3) is 0.600. The van der Waals surface area contributed by atoms with E-state index >= 15 is 0 Å². The second kappa shape index (κ2) is 5.09. The minimum absolute atomic E-state index is 0.0535. The van der Waals surface area contributed by atoms with Crippen LogP contribution < -0.4 is 4.74 Å². The average molecular weight is 278 g/mol. The van der Waals surface area contributed by atoms with Crippen LogP contribution in [0.25, 0.3) is 0 Å². The van der Waals surface area contributed by atoms with Gasteiger partial charge in [0.25, 0.3) is 0 Å². The van der Waals surface area contributed by atoms with Crippen LogP contribution in [-0.2, 0) is 6.42 Å². The summed E-state index contributed by atoms with van der Waals surface area (Å²) in [5, 5.41) is -0.398. The molecule has 1 nitrogen and oxygen atoms in total. The first-order valence-corrected chi connectivity index (χ1v) is 7.25. The summed E-state index contributed by atoms with van der Waals surface area (Å²) in [4.78, 5) is 0. The summed E-state index contributed by atoms with van der Waals surface area (Å²) >= 11 is 0. The summed E-state index contributed by atoms with van der Waals surface area (Å²) < 4.78 is 33.6. The monoisotopic (exact) mass is 278 g/mol. The Labute approximate surface area is 121 Å². The Hall–Kier alpha value is -0.990. The van der Waals surface area contributed by atoms with Crippen LogP contribution in [0.15, 0.2) is 12.1 Å². The number of hydrogen-bond donors (Lipinski definition) is 0. The van der Waals surface area contributed by atoms with E-state index in [1.807, 2.05) is 36.5 Å². The second-order valence-corrected chi connectivity index (χ2v) is 7.59. The van der Waals surface area contributed by atoms with Crippen molar-refractivity contribution in [2.45, 2.75) is 45.4 Å². The van der Waals surface area contributed by atoms with E-state index in [0.717, 1.165) is 18.9 Å². The van der Waals surface area contributed by atoms with Crippen molar-refractivity contribution in [1.82, 2.24) is 0 Å². The van der Waals surface area contributed by atoms with Crippen LogP contribution in [0, 0.1) is 23.0 Å². The summed E-state index contributed by atoms with van der Waals surface area (Å²) in [6.07, 6.45) is 2.81. The molecule has 0 spiro atoms. The number of benzene rings is 1. The number of rotatable bonds is 4. The van der Waals surface area contributed by atoms with Crippen LogP contribution in [0.3, 0.4) is 0 Å². The van der Waals surface area contributed by atoms with Crippen molar-refractivity contribution in [3.05, 3.63) is 29.3 Å². The molecule has 0 saturated heterocycles. The average Bonchev–Trinajstić information content (AvgIpc) is 3.04. The van der Waals surface area contributed by atoms with Gasteiger partial charge in [0, 0.05) is 17.0 Å². The van der Waals surface area contributed by atoms with Crippen LogP contribution in [-0.4, -0.2) is 21.1 Å². The minimum atomic E-state index is -0.599. The normalized spacial score (nSPS) is 16.2. The Balaban J connectivity index is 2.34. The molecule has 0 aliphatic heterocycles. The molecule has 0 aromatic heterocycles. The van der Waals surface area contributed by atoms with E-state index in [-0.39, 0.29) is 11.2 Å². The van der Waals surface area contributed by atoms with Gasteiger partial charge in [0.05, 0.1) is 0 Å². The van der Waals surface area contributed by atoms with Crippen LogP contribution in [0.5, 0.6) is 5.75 Å². The molecule has 0 heterocycles. The second-order valence-electron chi connectivity index (χ2n) is 7.59. The molecule has 1 saturated carbocycles. The zero-order chi connectivity index (χ0) is 15.1. The number of hydrogen-bond acceptors (Lipinski definition) is 1. The Morgan fingerprint density at radius 3 is 2.30 bits per heavy atom. The van der Waals surface area contributed by atoms with Crippen LogP contribution in [0.2, 0.25) is 0 Å². The SMILES string of the molecule is BC(B)(Oc1c(F)cc(F)cc1CC(C)(C)C)C1CC1. The van der Waals surface area contributed by atoms with Crippen LogP contribution >= 0.6 is 0 Å². The first-order valence-electron chi connectivity index (χ1n) is 7.25. The van der Waals surface area contributed by atoms with E-state index in [0.29, 0.717) is 17.9 Å². The first-order chi connectivity index (χ1) is 9.08. The molecule has 1 aliphatic rings. The molecule has 0 unspecified atom stereocenters. The molecule has 2 rings (SSSR count). The molecule has 0 bridgehead atoms. The maximum atomic E-state index is 14.1. The lowest BCUT2D eigenvalue weighted by Gasteiger charge is -2.30. The van der Waals surface area contributed by atoms with E-state index < -0.39 is 17.0 Å². The smallest absolute Gasteiger partial charge is 0.168 e. The number of halogens is 2. The quantitative estimate of drug-likeness (QED) is 0.768. The van der Waals surface area contributed by atoms with Crippen molar-refractivity contribution in [2.24, 2.45) is 11.3 Å². The highest BCUT2D eigenvalue weighted by Gasteiger charge is 2.40. The van der Waals surface area contributed by atoms with Gasteiger partial charge in [-0.05, 0) is 36.7 Å². The van der Waals surface area contributed by atoms with Crippen LogP contribution in [0.4, 0.5) is 8.78 Å². The molecular formula is C15H22B2F2O. The van der Waals surface area contributed by atoms with Gasteiger partial charge in [0.1, 0.15) is 21.5 Å². The molecule has 5 heteroatoms. The van der Waals surface area contributed by atoms with E-state index in [1.165, 1.54) is 6.07 Å². The fourth-order valence-corrected chi connectivity index (χ4v) is 2.56. The van der Waals surface area contributed by atoms with Crippen molar-refractivity contribution < 1.29 is 13.5 Å². The lowest BCUT2D eigenvalue weighted by atomic mass is 9.62. The zero-order valence-electron chi connectivity index (χ0n) is 13.0. The summed E-state index contributed by atoms with van der Waals surface area (Å²) in [5.74, 6) is -0.455. The largest absolute Gasteiger partial charge is 0.502 e. The molecule has 1 fully saturated rings. The number of ether oxygens (including phenoxy) is 1. The Morgan fingerprint density at radius 2 is 1.80 bits per heavy atom. The van der Waals surface area contributed by atoms with Crippen molar-refractivity contribution in [3.8, 4) is 5.75 Å². The Kier molecular flexibility index (Phi) is 3.92. The van der Waals surface area contributed by atoms with Gasteiger partial charge in [-0.2, -0.15) is 0 Å². The highest BCUT2D eigenvalue weighted by atomic mass is 19.1. The first kappa shape index (κ1) is 15.4. The lowest BCUT2D eigenvalue weighted by molar-refractivity contribution is 0.202. The lowest BCUT2D eigenvalue weighted by Crippen LogP contribution is -2.40. The highest BCUT2D eigenvalue weighted by Crippen LogP contribution is 2.41. The summed E-state index contributed by atoms with van der Waals surface area (Å²) in [6, 6.07) is 2.30. The Morgan fingerprint density at radius 1 is 1.20 bits per heavy atom. The van der Waals surface area contributed by atoms with E-state index in [1.54, 1.807) is 0 Å². The molecule has 0 amide bonds. The maximum absolute atomic E-state index is 14.1. The molecule has 0 radical (unpaired) electrons. The third kappa shape index (κ3) is 3.77. The zero-order valence-corrected chi connectivity index (χ0v) is 13.0. The summed E-state index contributed by atoms with van der Waals surface area (Å²) in [7, 11) is 3.96. The van der Waals surface area contributed by atoms with E-state index in [2.05, 4.69) is 0 Å². The molecule has 0 atom stereocenters. The highest BCUT2D eigenvalue weighted by molar-refractivity contribution is 6.39. The maximum Gasteiger partial charge on any atom is 0.168 e. The van der Waals surface area contributed by atoms with Gasteiger partial charge in [-0.15, -0.1) is 0 Å². The predicted octanol–water partition coefficient (Wildman–Crippen LogP) is 2.26. The third-order valence-electron chi connectivity index (χ3n) is 3.73. The van der Waals surface area contributed by atoms with Crippen molar-refractivity contribution in [3.63, 3.8) is 0 Å². The Bertz CT molecular complexity index is 505. The van der Waals surface area contributed by atoms with Crippen molar-refractivity contribution >= 4 is 15.7 Å². The third-order valence-corrected chi connectivity index (χ3v) is 3.73. The molecule has 1 aliphatic carbocycles. The van der Waals surface area contributed by atoms with Gasteiger partial charge >= 0.3 is 0 Å². The minimum Gasteiger partial charge on any atom is -0.502 e. The van der Waals surface area contributed by atoms with Gasteiger partial charge in [-0.25, -0.2) is 8.78 Å². The predicted molar refractivity (Wildman–Crippen MR) is 82.7 cm³/mol. The molecule has 1 aromatic carbocycles.